The molecule has 5 heteroatoms. The molecular formula is C19H22BrFN2O. The van der Waals surface area contributed by atoms with Crippen LogP contribution >= 0.6 is 15.9 Å². The van der Waals surface area contributed by atoms with Gasteiger partial charge in [0, 0.05) is 13.1 Å². The first-order chi connectivity index (χ1) is 11.4. The Bertz CT molecular complexity index is 742. The normalized spacial score (nSPS) is 11.1. The Balaban J connectivity index is 2.24. The molecular weight excluding hydrogens is 371 g/mol. The molecule has 2 aromatic carbocycles. The monoisotopic (exact) mass is 392 g/mol. The van der Waals surface area contributed by atoms with Gasteiger partial charge in [-0.2, -0.15) is 0 Å². The van der Waals surface area contributed by atoms with Crippen LogP contribution in [0.5, 0.6) is 11.5 Å². The van der Waals surface area contributed by atoms with Gasteiger partial charge >= 0.3 is 0 Å². The minimum absolute atomic E-state index is 0.309. The molecule has 0 N–H and O–H groups in total. The van der Waals surface area contributed by atoms with Crippen LogP contribution in [0.2, 0.25) is 0 Å². The zero-order valence-electron chi connectivity index (χ0n) is 14.4. The van der Waals surface area contributed by atoms with E-state index in [1.807, 2.05) is 32.3 Å². The van der Waals surface area contributed by atoms with Gasteiger partial charge < -0.3 is 9.64 Å². The number of ether oxygens (including phenoxy) is 1. The zero-order valence-corrected chi connectivity index (χ0v) is 16.0. The van der Waals surface area contributed by atoms with Gasteiger partial charge in [-0.25, -0.2) is 9.38 Å². The van der Waals surface area contributed by atoms with Crippen LogP contribution in [0.25, 0.3) is 0 Å². The van der Waals surface area contributed by atoms with Crippen molar-refractivity contribution in [1.82, 2.24) is 4.90 Å². The summed E-state index contributed by atoms with van der Waals surface area (Å²) in [6.07, 6.45) is 1.87. The van der Waals surface area contributed by atoms with Gasteiger partial charge in [0.15, 0.2) is 0 Å². The van der Waals surface area contributed by atoms with Crippen LogP contribution < -0.4 is 4.74 Å². The predicted molar refractivity (Wildman–Crippen MR) is 101 cm³/mol. The Labute approximate surface area is 151 Å². The predicted octanol–water partition coefficient (Wildman–Crippen LogP) is 6.00. The maximum atomic E-state index is 13.3. The third-order valence-electron chi connectivity index (χ3n) is 3.78. The minimum Gasteiger partial charge on any atom is -0.457 e. The molecule has 0 heterocycles. The average molecular weight is 393 g/mol. The van der Waals surface area contributed by atoms with Crippen molar-refractivity contribution < 1.29 is 9.13 Å². The van der Waals surface area contributed by atoms with Crippen molar-refractivity contribution in [3.63, 3.8) is 0 Å². The maximum Gasteiger partial charge on any atom is 0.137 e. The molecule has 0 unspecified atom stereocenters. The number of nitrogens with zero attached hydrogens (tertiary/aromatic N) is 2. The van der Waals surface area contributed by atoms with Crippen molar-refractivity contribution in [3.05, 3.63) is 51.7 Å². The van der Waals surface area contributed by atoms with Gasteiger partial charge in [0.05, 0.1) is 16.5 Å². The lowest BCUT2D eigenvalue weighted by molar-refractivity contribution is 0.475. The summed E-state index contributed by atoms with van der Waals surface area (Å²) >= 11 is 3.17. The standard InChI is InChI=1S/C19H22BrFN2O/c1-5-23(6-2)12-22-18-9-14(4)19(10-13(18)3)24-15-7-8-17(21)16(20)11-15/h7-12H,5-6H2,1-4H3/b22-12+. The summed E-state index contributed by atoms with van der Waals surface area (Å²) in [5.74, 6) is 1.02. The molecule has 0 atom stereocenters. The topological polar surface area (TPSA) is 24.8 Å². The van der Waals surface area contributed by atoms with Crippen LogP contribution in [0.4, 0.5) is 10.1 Å². The molecule has 0 aliphatic heterocycles. The van der Waals surface area contributed by atoms with Gasteiger partial charge in [-0.15, -0.1) is 0 Å². The fourth-order valence-corrected chi connectivity index (χ4v) is 2.58. The molecule has 0 amide bonds. The van der Waals surface area contributed by atoms with E-state index in [0.717, 1.165) is 35.7 Å². The van der Waals surface area contributed by atoms with Crippen molar-refractivity contribution in [1.29, 1.82) is 0 Å². The van der Waals surface area contributed by atoms with Gasteiger partial charge in [0.2, 0.25) is 0 Å². The second-order valence-corrected chi connectivity index (χ2v) is 6.40. The summed E-state index contributed by atoms with van der Waals surface area (Å²) in [6, 6.07) is 8.58. The molecule has 0 spiro atoms. The van der Waals surface area contributed by atoms with E-state index in [1.54, 1.807) is 12.1 Å². The quantitative estimate of drug-likeness (QED) is 0.444. The number of aryl methyl sites for hydroxylation is 2. The Morgan fingerprint density at radius 1 is 1.12 bits per heavy atom. The molecule has 0 fully saturated rings. The lowest BCUT2D eigenvalue weighted by Gasteiger charge is -2.15. The highest BCUT2D eigenvalue weighted by atomic mass is 79.9. The van der Waals surface area contributed by atoms with Crippen LogP contribution in [-0.2, 0) is 0 Å². The summed E-state index contributed by atoms with van der Waals surface area (Å²) in [5, 5.41) is 0. The third-order valence-corrected chi connectivity index (χ3v) is 4.39. The molecule has 0 bridgehead atoms. The molecule has 0 aliphatic carbocycles. The van der Waals surface area contributed by atoms with Gasteiger partial charge in [-0.05, 0) is 85.1 Å². The van der Waals surface area contributed by atoms with Gasteiger partial charge in [0.25, 0.3) is 0 Å². The molecule has 3 nitrogen and oxygen atoms in total. The van der Waals surface area contributed by atoms with E-state index in [2.05, 4.69) is 39.7 Å². The van der Waals surface area contributed by atoms with Crippen LogP contribution in [-0.4, -0.2) is 24.3 Å². The number of halogens is 2. The van der Waals surface area contributed by atoms with Gasteiger partial charge in [0.1, 0.15) is 17.3 Å². The van der Waals surface area contributed by atoms with Crippen molar-refractivity contribution in [3.8, 4) is 11.5 Å². The average Bonchev–Trinajstić information content (AvgIpc) is 2.56. The molecule has 24 heavy (non-hydrogen) atoms. The fraction of sp³-hybridized carbons (Fsp3) is 0.316. The number of hydrogen-bond acceptors (Lipinski definition) is 2. The summed E-state index contributed by atoms with van der Waals surface area (Å²) in [4.78, 5) is 6.70. The van der Waals surface area contributed by atoms with Crippen molar-refractivity contribution in [2.75, 3.05) is 13.1 Å². The molecule has 0 aliphatic rings. The second-order valence-electron chi connectivity index (χ2n) is 5.55. The lowest BCUT2D eigenvalue weighted by Crippen LogP contribution is -2.20. The fourth-order valence-electron chi connectivity index (χ4n) is 2.22. The third kappa shape index (κ3) is 4.57. The van der Waals surface area contributed by atoms with Gasteiger partial charge in [-0.1, -0.05) is 0 Å². The Morgan fingerprint density at radius 3 is 2.46 bits per heavy atom. The first-order valence-electron chi connectivity index (χ1n) is 7.97. The largest absolute Gasteiger partial charge is 0.457 e. The molecule has 128 valence electrons. The molecule has 2 rings (SSSR count). The Morgan fingerprint density at radius 2 is 1.83 bits per heavy atom. The number of benzene rings is 2. The summed E-state index contributed by atoms with van der Waals surface area (Å²) in [5.41, 5.74) is 2.93. The van der Waals surface area contributed by atoms with Crippen molar-refractivity contribution >= 4 is 28.0 Å². The van der Waals surface area contributed by atoms with Crippen LogP contribution in [0.3, 0.4) is 0 Å². The molecule has 0 radical (unpaired) electrons. The maximum absolute atomic E-state index is 13.3. The second kappa shape index (κ2) is 8.29. The highest BCUT2D eigenvalue weighted by Crippen LogP contribution is 2.32. The van der Waals surface area contributed by atoms with E-state index >= 15 is 0 Å². The SMILES string of the molecule is CCN(/C=N/c1cc(C)c(Oc2ccc(F)c(Br)c2)cc1C)CC. The number of rotatable bonds is 6. The highest BCUT2D eigenvalue weighted by molar-refractivity contribution is 9.10. The first kappa shape index (κ1) is 18.5. The number of hydrogen-bond donors (Lipinski definition) is 0. The molecule has 0 saturated heterocycles. The Kier molecular flexibility index (Phi) is 6.37. The van der Waals surface area contributed by atoms with E-state index < -0.39 is 0 Å². The van der Waals surface area contributed by atoms with Crippen LogP contribution in [0.1, 0.15) is 25.0 Å². The molecule has 0 saturated carbocycles. The van der Waals surface area contributed by atoms with E-state index in [9.17, 15) is 4.39 Å². The molecule has 0 aromatic heterocycles. The lowest BCUT2D eigenvalue weighted by atomic mass is 10.1. The molecule has 2 aromatic rings. The van der Waals surface area contributed by atoms with E-state index in [-0.39, 0.29) is 5.82 Å². The zero-order chi connectivity index (χ0) is 17.7. The van der Waals surface area contributed by atoms with E-state index in [1.165, 1.54) is 6.07 Å². The summed E-state index contributed by atoms with van der Waals surface area (Å²) in [7, 11) is 0. The van der Waals surface area contributed by atoms with Crippen molar-refractivity contribution in [2.24, 2.45) is 4.99 Å². The highest BCUT2D eigenvalue weighted by Gasteiger charge is 2.08. The van der Waals surface area contributed by atoms with E-state index in [4.69, 9.17) is 4.74 Å². The number of aliphatic imine (C=N–C) groups is 1. The first-order valence-corrected chi connectivity index (χ1v) is 8.76. The summed E-state index contributed by atoms with van der Waals surface area (Å²) < 4.78 is 19.6. The summed E-state index contributed by atoms with van der Waals surface area (Å²) in [6.45, 7) is 10.0. The van der Waals surface area contributed by atoms with Crippen LogP contribution in [0.15, 0.2) is 39.8 Å². The Hall–Kier alpha value is -1.88. The smallest absolute Gasteiger partial charge is 0.137 e. The minimum atomic E-state index is -0.309. The van der Waals surface area contributed by atoms with Crippen molar-refractivity contribution in [2.45, 2.75) is 27.7 Å². The van der Waals surface area contributed by atoms with Gasteiger partial charge in [-0.3, -0.25) is 0 Å². The van der Waals surface area contributed by atoms with E-state index in [0.29, 0.717) is 10.2 Å². The van der Waals surface area contributed by atoms with Crippen LogP contribution in [0, 0.1) is 19.7 Å².